The van der Waals surface area contributed by atoms with Gasteiger partial charge in [-0.3, -0.25) is 9.59 Å². The van der Waals surface area contributed by atoms with E-state index in [4.69, 9.17) is 4.74 Å². The van der Waals surface area contributed by atoms with E-state index in [0.29, 0.717) is 18.7 Å². The summed E-state index contributed by atoms with van der Waals surface area (Å²) in [6, 6.07) is 5.96. The van der Waals surface area contributed by atoms with Gasteiger partial charge in [-0.25, -0.2) is 0 Å². The van der Waals surface area contributed by atoms with E-state index >= 15 is 0 Å². The molecule has 0 saturated carbocycles. The summed E-state index contributed by atoms with van der Waals surface area (Å²) in [6.45, 7) is 7.23. The Morgan fingerprint density at radius 3 is 2.71 bits per heavy atom. The zero-order valence-electron chi connectivity index (χ0n) is 14.5. The maximum Gasteiger partial charge on any atom is 0.253 e. The molecule has 1 aliphatic rings. The van der Waals surface area contributed by atoms with Crippen molar-refractivity contribution in [2.75, 3.05) is 13.2 Å². The van der Waals surface area contributed by atoms with Crippen molar-refractivity contribution in [3.8, 4) is 0 Å². The summed E-state index contributed by atoms with van der Waals surface area (Å²) in [5.74, 6) is -0.0370. The number of ether oxygens (including phenoxy) is 1. The van der Waals surface area contributed by atoms with Crippen molar-refractivity contribution < 1.29 is 9.53 Å². The summed E-state index contributed by atoms with van der Waals surface area (Å²) in [7, 11) is 0. The molecule has 24 heavy (non-hydrogen) atoms. The second-order valence-electron chi connectivity index (χ2n) is 6.68. The molecule has 1 amide bonds. The number of aryl methyl sites for hydroxylation is 2. The van der Waals surface area contributed by atoms with Gasteiger partial charge in [0, 0.05) is 31.2 Å². The predicted octanol–water partition coefficient (Wildman–Crippen LogP) is 2.67. The molecule has 1 aromatic carbocycles. The first-order valence-corrected chi connectivity index (χ1v) is 8.44. The molecule has 1 fully saturated rings. The Morgan fingerprint density at radius 2 is 2.04 bits per heavy atom. The van der Waals surface area contributed by atoms with E-state index in [1.807, 2.05) is 19.1 Å². The first kappa shape index (κ1) is 16.7. The van der Waals surface area contributed by atoms with Gasteiger partial charge in [0.1, 0.15) is 0 Å². The number of aromatic amines is 1. The highest BCUT2D eigenvalue weighted by Gasteiger charge is 2.21. The van der Waals surface area contributed by atoms with E-state index < -0.39 is 0 Å². The summed E-state index contributed by atoms with van der Waals surface area (Å²) in [5, 5.41) is 0.994. The number of amides is 1. The van der Waals surface area contributed by atoms with Crippen LogP contribution < -0.4 is 5.56 Å². The van der Waals surface area contributed by atoms with Crippen LogP contribution in [0.15, 0.2) is 23.0 Å². The van der Waals surface area contributed by atoms with Crippen LogP contribution in [-0.4, -0.2) is 35.0 Å². The maximum atomic E-state index is 12.4. The van der Waals surface area contributed by atoms with Crippen molar-refractivity contribution in [3.05, 3.63) is 45.2 Å². The lowest BCUT2D eigenvalue weighted by Crippen LogP contribution is -2.36. The summed E-state index contributed by atoms with van der Waals surface area (Å²) < 4.78 is 5.62. The fraction of sp³-hybridized carbons (Fsp3) is 0.474. The number of hydrogen-bond acceptors (Lipinski definition) is 3. The van der Waals surface area contributed by atoms with Crippen LogP contribution in [0, 0.1) is 13.8 Å². The smallest absolute Gasteiger partial charge is 0.253 e. The van der Waals surface area contributed by atoms with E-state index in [0.717, 1.165) is 35.9 Å². The zero-order chi connectivity index (χ0) is 17.3. The molecule has 2 aromatic rings. The third-order valence-electron chi connectivity index (χ3n) is 4.79. The second-order valence-corrected chi connectivity index (χ2v) is 6.68. The molecule has 0 unspecified atom stereocenters. The lowest BCUT2D eigenvalue weighted by atomic mass is 10.0. The number of hydrogen-bond donors (Lipinski definition) is 1. The van der Waals surface area contributed by atoms with E-state index in [9.17, 15) is 9.59 Å². The van der Waals surface area contributed by atoms with E-state index in [1.165, 1.54) is 12.5 Å². The standard InChI is InChI=1S/C19H24N2O3/c1-12-7-15-9-16(19(23)20-18(15)8-13(12)2)10-21(14(3)22)11-17-5-4-6-24-17/h7-9,17H,4-6,10-11H2,1-3H3,(H,20,23)/t17-/m1/s1. The number of aromatic nitrogens is 1. The Labute approximate surface area is 141 Å². The first-order valence-electron chi connectivity index (χ1n) is 8.44. The van der Waals surface area contributed by atoms with Crippen LogP contribution in [0.3, 0.4) is 0 Å². The predicted molar refractivity (Wildman–Crippen MR) is 94.1 cm³/mol. The van der Waals surface area contributed by atoms with E-state index in [1.54, 1.807) is 4.90 Å². The van der Waals surface area contributed by atoms with Crippen molar-refractivity contribution in [1.82, 2.24) is 9.88 Å². The Balaban J connectivity index is 1.89. The molecule has 0 radical (unpaired) electrons. The van der Waals surface area contributed by atoms with Gasteiger partial charge in [-0.1, -0.05) is 0 Å². The molecule has 1 atom stereocenters. The van der Waals surface area contributed by atoms with Crippen LogP contribution in [0.2, 0.25) is 0 Å². The summed E-state index contributed by atoms with van der Waals surface area (Å²) in [5.41, 5.74) is 3.64. The van der Waals surface area contributed by atoms with Crippen LogP contribution in [0.5, 0.6) is 0 Å². The normalized spacial score (nSPS) is 17.4. The van der Waals surface area contributed by atoms with Crippen LogP contribution in [-0.2, 0) is 16.1 Å². The number of nitrogens with one attached hydrogen (secondary N) is 1. The molecule has 1 aliphatic heterocycles. The lowest BCUT2D eigenvalue weighted by molar-refractivity contribution is -0.131. The first-order chi connectivity index (χ1) is 11.4. The largest absolute Gasteiger partial charge is 0.376 e. The fourth-order valence-corrected chi connectivity index (χ4v) is 3.18. The Kier molecular flexibility index (Phi) is 4.71. The monoisotopic (exact) mass is 328 g/mol. The van der Waals surface area contributed by atoms with Crippen molar-refractivity contribution in [2.45, 2.75) is 46.3 Å². The van der Waals surface area contributed by atoms with Crippen LogP contribution in [0.25, 0.3) is 10.9 Å². The molecule has 5 heteroatoms. The molecule has 3 rings (SSSR count). The SMILES string of the molecule is CC(=O)N(Cc1cc2cc(C)c(C)cc2[nH]c1=O)C[C@H]1CCCO1. The highest BCUT2D eigenvalue weighted by atomic mass is 16.5. The topological polar surface area (TPSA) is 62.4 Å². The minimum atomic E-state index is -0.135. The number of H-pyrrole nitrogens is 1. The third-order valence-corrected chi connectivity index (χ3v) is 4.79. The number of pyridine rings is 1. The molecular formula is C19H24N2O3. The van der Waals surface area contributed by atoms with Crippen LogP contribution in [0.4, 0.5) is 0 Å². The van der Waals surface area contributed by atoms with Gasteiger partial charge in [-0.2, -0.15) is 0 Å². The zero-order valence-corrected chi connectivity index (χ0v) is 14.5. The van der Waals surface area contributed by atoms with Crippen molar-refractivity contribution in [3.63, 3.8) is 0 Å². The molecular weight excluding hydrogens is 304 g/mol. The Hall–Kier alpha value is -2.14. The molecule has 128 valence electrons. The average Bonchev–Trinajstić information content (AvgIpc) is 3.02. The third kappa shape index (κ3) is 3.51. The summed E-state index contributed by atoms with van der Waals surface area (Å²) in [6.07, 6.45) is 2.08. The highest BCUT2D eigenvalue weighted by molar-refractivity contribution is 5.81. The van der Waals surface area contributed by atoms with Gasteiger partial charge in [0.25, 0.3) is 5.56 Å². The highest BCUT2D eigenvalue weighted by Crippen LogP contribution is 2.19. The Morgan fingerprint density at radius 1 is 1.29 bits per heavy atom. The van der Waals surface area contributed by atoms with Gasteiger partial charge in [0.05, 0.1) is 12.6 Å². The summed E-state index contributed by atoms with van der Waals surface area (Å²) >= 11 is 0. The van der Waals surface area contributed by atoms with Gasteiger partial charge >= 0.3 is 0 Å². The van der Waals surface area contributed by atoms with Crippen molar-refractivity contribution in [2.24, 2.45) is 0 Å². The summed E-state index contributed by atoms with van der Waals surface area (Å²) in [4.78, 5) is 29.0. The number of carbonyl (C=O) groups is 1. The van der Waals surface area contributed by atoms with Crippen molar-refractivity contribution in [1.29, 1.82) is 0 Å². The molecule has 1 aromatic heterocycles. The average molecular weight is 328 g/mol. The minimum Gasteiger partial charge on any atom is -0.376 e. The van der Waals surface area contributed by atoms with Gasteiger partial charge in [-0.05, 0) is 61.4 Å². The van der Waals surface area contributed by atoms with Gasteiger partial charge in [-0.15, -0.1) is 0 Å². The van der Waals surface area contributed by atoms with Gasteiger partial charge in [0.2, 0.25) is 5.91 Å². The molecule has 1 N–H and O–H groups in total. The number of benzene rings is 1. The Bertz CT molecular complexity index is 819. The second kappa shape index (κ2) is 6.77. The van der Waals surface area contributed by atoms with Crippen LogP contribution >= 0.6 is 0 Å². The fourth-order valence-electron chi connectivity index (χ4n) is 3.18. The van der Waals surface area contributed by atoms with Crippen molar-refractivity contribution >= 4 is 16.8 Å². The maximum absolute atomic E-state index is 12.4. The molecule has 0 bridgehead atoms. The lowest BCUT2D eigenvalue weighted by Gasteiger charge is -2.24. The molecule has 0 aliphatic carbocycles. The molecule has 5 nitrogen and oxygen atoms in total. The van der Waals surface area contributed by atoms with Gasteiger partial charge in [0.15, 0.2) is 0 Å². The number of fused-ring (bicyclic) bond motifs is 1. The molecule has 0 spiro atoms. The van der Waals surface area contributed by atoms with Crippen LogP contribution in [0.1, 0.15) is 36.5 Å². The molecule has 1 saturated heterocycles. The minimum absolute atomic E-state index is 0.0370. The van der Waals surface area contributed by atoms with E-state index in [2.05, 4.69) is 18.0 Å². The quantitative estimate of drug-likeness (QED) is 0.938. The van der Waals surface area contributed by atoms with Gasteiger partial charge < -0.3 is 14.6 Å². The number of nitrogens with zero attached hydrogens (tertiary/aromatic N) is 1. The van der Waals surface area contributed by atoms with E-state index in [-0.39, 0.29) is 17.6 Å². The number of carbonyl (C=O) groups excluding carboxylic acids is 1. The molecule has 2 heterocycles. The number of rotatable bonds is 4.